The number of rotatable bonds is 5. The summed E-state index contributed by atoms with van der Waals surface area (Å²) < 4.78 is 7.25. The summed E-state index contributed by atoms with van der Waals surface area (Å²) in [5, 5.41) is 10.6. The molecule has 2 fully saturated rings. The molecule has 3 rings (SSSR count). The molecule has 1 aromatic heterocycles. The minimum Gasteiger partial charge on any atom is -0.380 e. The molecule has 0 aromatic carbocycles. The molecule has 20 heavy (non-hydrogen) atoms. The zero-order valence-electron chi connectivity index (χ0n) is 12.1. The standard InChI is InChI=1S/C14H22N4O2/c1-3-18-12(9-4-5-9)7-13(17-18)16-14(19)11-6-10(20-2)8-15-11/h7,9-11,15H,3-6,8H2,1-2H3,(H,16,17,19)/t10-,11-/m0/s1. The maximum Gasteiger partial charge on any atom is 0.242 e. The molecule has 1 amide bonds. The first-order valence-corrected chi connectivity index (χ1v) is 7.36. The van der Waals surface area contributed by atoms with Crippen molar-refractivity contribution in [2.45, 2.75) is 50.8 Å². The van der Waals surface area contributed by atoms with Crippen LogP contribution < -0.4 is 10.6 Å². The van der Waals surface area contributed by atoms with Crippen LogP contribution in [0, 0.1) is 0 Å². The number of methoxy groups -OCH3 is 1. The topological polar surface area (TPSA) is 68.2 Å². The van der Waals surface area contributed by atoms with Crippen molar-refractivity contribution < 1.29 is 9.53 Å². The van der Waals surface area contributed by atoms with Crippen molar-refractivity contribution >= 4 is 11.7 Å². The molecule has 6 heteroatoms. The number of ether oxygens (including phenoxy) is 1. The molecular formula is C14H22N4O2. The zero-order valence-corrected chi connectivity index (χ0v) is 12.1. The van der Waals surface area contributed by atoms with E-state index in [1.807, 2.05) is 10.7 Å². The Balaban J connectivity index is 1.64. The van der Waals surface area contributed by atoms with Crippen LogP contribution in [0.5, 0.6) is 0 Å². The first-order valence-electron chi connectivity index (χ1n) is 7.36. The highest BCUT2D eigenvalue weighted by atomic mass is 16.5. The van der Waals surface area contributed by atoms with Crippen LogP contribution in [0.2, 0.25) is 0 Å². The number of nitrogens with one attached hydrogen (secondary N) is 2. The second-order valence-corrected chi connectivity index (χ2v) is 5.59. The summed E-state index contributed by atoms with van der Waals surface area (Å²) in [4.78, 5) is 12.2. The zero-order chi connectivity index (χ0) is 14.1. The molecule has 1 aliphatic heterocycles. The molecular weight excluding hydrogens is 256 g/mol. The number of amides is 1. The van der Waals surface area contributed by atoms with Crippen LogP contribution in [-0.4, -0.2) is 41.5 Å². The predicted octanol–water partition coefficient (Wildman–Crippen LogP) is 1.10. The third-order valence-corrected chi connectivity index (χ3v) is 4.10. The smallest absolute Gasteiger partial charge is 0.242 e. The Bertz CT molecular complexity index is 495. The first kappa shape index (κ1) is 13.6. The van der Waals surface area contributed by atoms with Crippen LogP contribution >= 0.6 is 0 Å². The van der Waals surface area contributed by atoms with E-state index in [4.69, 9.17) is 4.74 Å². The van der Waals surface area contributed by atoms with Gasteiger partial charge in [-0.3, -0.25) is 9.48 Å². The van der Waals surface area contributed by atoms with E-state index in [9.17, 15) is 4.79 Å². The first-order chi connectivity index (χ1) is 9.71. The van der Waals surface area contributed by atoms with E-state index in [1.54, 1.807) is 7.11 Å². The molecule has 2 heterocycles. The Morgan fingerprint density at radius 2 is 2.40 bits per heavy atom. The van der Waals surface area contributed by atoms with Crippen LogP contribution in [0.4, 0.5) is 5.82 Å². The Kier molecular flexibility index (Phi) is 3.76. The molecule has 2 N–H and O–H groups in total. The maximum absolute atomic E-state index is 12.2. The quantitative estimate of drug-likeness (QED) is 0.846. The maximum atomic E-state index is 12.2. The van der Waals surface area contributed by atoms with Gasteiger partial charge in [0.2, 0.25) is 5.91 Å². The van der Waals surface area contributed by atoms with Gasteiger partial charge in [0.1, 0.15) is 0 Å². The molecule has 2 atom stereocenters. The minimum absolute atomic E-state index is 0.0207. The van der Waals surface area contributed by atoms with Gasteiger partial charge in [0.15, 0.2) is 5.82 Å². The number of aromatic nitrogens is 2. The lowest BCUT2D eigenvalue weighted by Crippen LogP contribution is -2.35. The van der Waals surface area contributed by atoms with Crippen LogP contribution in [-0.2, 0) is 16.1 Å². The molecule has 110 valence electrons. The minimum atomic E-state index is -0.184. The highest BCUT2D eigenvalue weighted by molar-refractivity contribution is 5.94. The molecule has 0 unspecified atom stereocenters. The summed E-state index contributed by atoms with van der Waals surface area (Å²) >= 11 is 0. The van der Waals surface area contributed by atoms with Crippen molar-refractivity contribution in [2.24, 2.45) is 0 Å². The van der Waals surface area contributed by atoms with E-state index < -0.39 is 0 Å². The Morgan fingerprint density at radius 1 is 1.60 bits per heavy atom. The Hall–Kier alpha value is -1.40. The molecule has 1 saturated heterocycles. The van der Waals surface area contributed by atoms with Gasteiger partial charge in [0.05, 0.1) is 12.1 Å². The molecule has 0 spiro atoms. The molecule has 1 saturated carbocycles. The Labute approximate surface area is 118 Å². The predicted molar refractivity (Wildman–Crippen MR) is 75.7 cm³/mol. The summed E-state index contributed by atoms with van der Waals surface area (Å²) in [6.45, 7) is 3.65. The van der Waals surface area contributed by atoms with Gasteiger partial charge in [-0.2, -0.15) is 5.10 Å². The van der Waals surface area contributed by atoms with Crippen LogP contribution in [0.15, 0.2) is 6.07 Å². The highest BCUT2D eigenvalue weighted by Gasteiger charge is 2.31. The third-order valence-electron chi connectivity index (χ3n) is 4.10. The van der Waals surface area contributed by atoms with E-state index in [0.29, 0.717) is 18.2 Å². The molecule has 0 radical (unpaired) electrons. The summed E-state index contributed by atoms with van der Waals surface area (Å²) in [6, 6.07) is 1.83. The molecule has 1 aromatic rings. The van der Waals surface area contributed by atoms with Crippen molar-refractivity contribution in [3.05, 3.63) is 11.8 Å². The molecule has 2 aliphatic rings. The summed E-state index contributed by atoms with van der Waals surface area (Å²) in [5.74, 6) is 1.28. The fourth-order valence-electron chi connectivity index (χ4n) is 2.75. The lowest BCUT2D eigenvalue weighted by atomic mass is 10.2. The second-order valence-electron chi connectivity index (χ2n) is 5.59. The summed E-state index contributed by atoms with van der Waals surface area (Å²) in [7, 11) is 1.68. The van der Waals surface area contributed by atoms with Crippen LogP contribution in [0.3, 0.4) is 0 Å². The lowest BCUT2D eigenvalue weighted by Gasteiger charge is -2.09. The van der Waals surface area contributed by atoms with Gasteiger partial charge < -0.3 is 15.4 Å². The highest BCUT2D eigenvalue weighted by Crippen LogP contribution is 2.40. The van der Waals surface area contributed by atoms with Crippen molar-refractivity contribution in [1.82, 2.24) is 15.1 Å². The van der Waals surface area contributed by atoms with Crippen molar-refractivity contribution in [1.29, 1.82) is 0 Å². The van der Waals surface area contributed by atoms with Gasteiger partial charge >= 0.3 is 0 Å². The van der Waals surface area contributed by atoms with Gasteiger partial charge in [0, 0.05) is 37.9 Å². The van der Waals surface area contributed by atoms with Crippen LogP contribution in [0.1, 0.15) is 37.8 Å². The molecule has 0 bridgehead atoms. The van der Waals surface area contributed by atoms with Crippen molar-refractivity contribution in [3.8, 4) is 0 Å². The molecule has 1 aliphatic carbocycles. The number of nitrogens with zero attached hydrogens (tertiary/aromatic N) is 2. The largest absolute Gasteiger partial charge is 0.380 e. The molecule has 6 nitrogen and oxygen atoms in total. The number of anilines is 1. The van der Waals surface area contributed by atoms with Crippen molar-refractivity contribution in [3.63, 3.8) is 0 Å². The van der Waals surface area contributed by atoms with E-state index in [-0.39, 0.29) is 18.1 Å². The fraction of sp³-hybridized carbons (Fsp3) is 0.714. The van der Waals surface area contributed by atoms with E-state index in [1.165, 1.54) is 18.5 Å². The number of aryl methyl sites for hydroxylation is 1. The average Bonchev–Trinajstić information content (AvgIpc) is 3.04. The number of hydrogen-bond donors (Lipinski definition) is 2. The van der Waals surface area contributed by atoms with Gasteiger partial charge in [-0.1, -0.05) is 0 Å². The Morgan fingerprint density at radius 3 is 3.00 bits per heavy atom. The number of carbonyl (C=O) groups excluding carboxylic acids is 1. The number of hydrogen-bond acceptors (Lipinski definition) is 4. The van der Waals surface area contributed by atoms with Crippen LogP contribution in [0.25, 0.3) is 0 Å². The normalized spacial score (nSPS) is 25.9. The van der Waals surface area contributed by atoms with E-state index in [2.05, 4.69) is 22.7 Å². The van der Waals surface area contributed by atoms with Gasteiger partial charge in [-0.05, 0) is 26.2 Å². The fourth-order valence-corrected chi connectivity index (χ4v) is 2.75. The van der Waals surface area contributed by atoms with E-state index in [0.717, 1.165) is 13.1 Å². The summed E-state index contributed by atoms with van der Waals surface area (Å²) in [6.07, 6.45) is 3.31. The average molecular weight is 278 g/mol. The monoisotopic (exact) mass is 278 g/mol. The van der Waals surface area contributed by atoms with Gasteiger partial charge in [-0.25, -0.2) is 0 Å². The van der Waals surface area contributed by atoms with Gasteiger partial charge in [-0.15, -0.1) is 0 Å². The lowest BCUT2D eigenvalue weighted by molar-refractivity contribution is -0.118. The van der Waals surface area contributed by atoms with E-state index >= 15 is 0 Å². The summed E-state index contributed by atoms with van der Waals surface area (Å²) in [5.41, 5.74) is 1.25. The SMILES string of the molecule is CCn1nc(NC(=O)[C@@H]2C[C@H](OC)CN2)cc1C1CC1. The van der Waals surface area contributed by atoms with Crippen molar-refractivity contribution in [2.75, 3.05) is 19.0 Å². The number of carbonyl (C=O) groups is 1. The third kappa shape index (κ3) is 2.71. The van der Waals surface area contributed by atoms with Gasteiger partial charge in [0.25, 0.3) is 0 Å². The second kappa shape index (κ2) is 5.54.